The molecule has 0 aromatic rings. The lowest BCUT2D eigenvalue weighted by molar-refractivity contribution is -0.294. The second-order valence-electron chi connectivity index (χ2n) is 10.5. The Labute approximate surface area is 154 Å². The van der Waals surface area contributed by atoms with Crippen LogP contribution in [-0.4, -0.2) is 67.3 Å². The first kappa shape index (κ1) is 19.1. The van der Waals surface area contributed by atoms with Gasteiger partial charge in [-0.05, 0) is 48.3 Å². The van der Waals surface area contributed by atoms with Crippen molar-refractivity contribution in [3.63, 3.8) is 0 Å². The second kappa shape index (κ2) is 5.43. The first-order valence-electron chi connectivity index (χ1n) is 10.0. The van der Waals surface area contributed by atoms with Gasteiger partial charge in [-0.2, -0.15) is 0 Å². The summed E-state index contributed by atoms with van der Waals surface area (Å²) in [6.07, 6.45) is -1.08. The zero-order chi connectivity index (χ0) is 19.3. The average molecular weight is 370 g/mol. The predicted octanol–water partition coefficient (Wildman–Crippen LogP) is 0.0258. The van der Waals surface area contributed by atoms with Crippen molar-refractivity contribution < 1.29 is 30.6 Å². The highest BCUT2D eigenvalue weighted by atomic mass is 16.4. The van der Waals surface area contributed by atoms with Gasteiger partial charge < -0.3 is 30.6 Å². The van der Waals surface area contributed by atoms with Gasteiger partial charge in [0.2, 0.25) is 0 Å². The minimum Gasteiger partial charge on any atom is -0.393 e. The number of aliphatic hydroxyl groups is 6. The Hall–Kier alpha value is -0.240. The highest BCUT2D eigenvalue weighted by Gasteiger charge is 2.79. The maximum Gasteiger partial charge on any atom is 0.119 e. The van der Waals surface area contributed by atoms with Crippen LogP contribution in [0.3, 0.4) is 0 Å². The second-order valence-corrected chi connectivity index (χ2v) is 10.5. The Morgan fingerprint density at radius 1 is 0.923 bits per heavy atom. The summed E-state index contributed by atoms with van der Waals surface area (Å²) in [6.45, 7) is 5.70. The van der Waals surface area contributed by atoms with Gasteiger partial charge in [-0.25, -0.2) is 0 Å². The van der Waals surface area contributed by atoms with Crippen molar-refractivity contribution in [2.45, 2.75) is 82.9 Å². The Bertz CT molecular complexity index is 595. The summed E-state index contributed by atoms with van der Waals surface area (Å²) in [5, 5.41) is 65.5. The van der Waals surface area contributed by atoms with Gasteiger partial charge in [0.15, 0.2) is 0 Å². The summed E-state index contributed by atoms with van der Waals surface area (Å²) in [7, 11) is 0. The van der Waals surface area contributed by atoms with Crippen molar-refractivity contribution in [1.29, 1.82) is 0 Å². The summed E-state index contributed by atoms with van der Waals surface area (Å²) in [4.78, 5) is 0. The van der Waals surface area contributed by atoms with Crippen molar-refractivity contribution >= 4 is 0 Å². The average Bonchev–Trinajstić information content (AvgIpc) is 2.66. The Balaban J connectivity index is 1.91. The normalized spacial score (nSPS) is 61.0. The largest absolute Gasteiger partial charge is 0.393 e. The molecule has 0 aliphatic heterocycles. The fraction of sp³-hybridized carbons (Fsp3) is 1.00. The fourth-order valence-corrected chi connectivity index (χ4v) is 8.32. The van der Waals surface area contributed by atoms with E-state index in [1.54, 1.807) is 0 Å². The van der Waals surface area contributed by atoms with Crippen LogP contribution < -0.4 is 0 Å². The van der Waals surface area contributed by atoms with Gasteiger partial charge in [0, 0.05) is 5.92 Å². The van der Waals surface area contributed by atoms with E-state index in [2.05, 4.69) is 20.8 Å². The maximum atomic E-state index is 11.2. The maximum absolute atomic E-state index is 11.2. The van der Waals surface area contributed by atoms with Crippen molar-refractivity contribution in [3.05, 3.63) is 0 Å². The van der Waals surface area contributed by atoms with Gasteiger partial charge in [0.25, 0.3) is 0 Å². The van der Waals surface area contributed by atoms with E-state index in [0.717, 1.165) is 19.3 Å². The van der Waals surface area contributed by atoms with E-state index in [9.17, 15) is 30.6 Å². The van der Waals surface area contributed by atoms with E-state index >= 15 is 0 Å². The summed E-state index contributed by atoms with van der Waals surface area (Å²) in [6, 6.07) is 0. The van der Waals surface area contributed by atoms with Crippen LogP contribution in [0.15, 0.2) is 0 Å². The van der Waals surface area contributed by atoms with E-state index < -0.39 is 48.0 Å². The molecule has 4 aliphatic rings. The van der Waals surface area contributed by atoms with Gasteiger partial charge in [0.05, 0.1) is 36.4 Å². The molecule has 10 atom stereocenters. The zero-order valence-electron chi connectivity index (χ0n) is 16.0. The third-order valence-corrected chi connectivity index (χ3v) is 9.17. The smallest absolute Gasteiger partial charge is 0.119 e. The van der Waals surface area contributed by atoms with Crippen LogP contribution in [-0.2, 0) is 0 Å². The lowest BCUT2D eigenvalue weighted by atomic mass is 9.39. The van der Waals surface area contributed by atoms with Crippen LogP contribution in [0.1, 0.15) is 52.9 Å². The molecule has 26 heavy (non-hydrogen) atoms. The highest BCUT2D eigenvalue weighted by Crippen LogP contribution is 2.72. The van der Waals surface area contributed by atoms with E-state index in [1.165, 1.54) is 0 Å². The third-order valence-electron chi connectivity index (χ3n) is 9.17. The van der Waals surface area contributed by atoms with Crippen molar-refractivity contribution in [1.82, 2.24) is 0 Å². The summed E-state index contributed by atoms with van der Waals surface area (Å²) in [5.74, 6) is -1.06. The molecule has 0 saturated heterocycles. The van der Waals surface area contributed by atoms with Crippen LogP contribution in [0.4, 0.5) is 0 Å². The molecule has 6 N–H and O–H groups in total. The number of rotatable bonds is 1. The quantitative estimate of drug-likeness (QED) is 0.387. The van der Waals surface area contributed by atoms with Gasteiger partial charge in [-0.1, -0.05) is 27.2 Å². The topological polar surface area (TPSA) is 121 Å². The fourth-order valence-electron chi connectivity index (χ4n) is 8.32. The predicted molar refractivity (Wildman–Crippen MR) is 93.9 cm³/mol. The van der Waals surface area contributed by atoms with Crippen LogP contribution in [0, 0.1) is 34.0 Å². The summed E-state index contributed by atoms with van der Waals surface area (Å²) < 4.78 is 0. The minimum atomic E-state index is -1.84. The molecule has 4 aliphatic carbocycles. The first-order valence-corrected chi connectivity index (χ1v) is 10.0. The molecule has 0 aromatic carbocycles. The molecule has 2 bridgehead atoms. The summed E-state index contributed by atoms with van der Waals surface area (Å²) in [5.41, 5.74) is -3.76. The van der Waals surface area contributed by atoms with Gasteiger partial charge >= 0.3 is 0 Å². The van der Waals surface area contributed by atoms with Gasteiger partial charge in [-0.15, -0.1) is 0 Å². The molecular weight excluding hydrogens is 336 g/mol. The molecule has 4 saturated carbocycles. The molecule has 0 aromatic heterocycles. The molecule has 150 valence electrons. The van der Waals surface area contributed by atoms with Crippen LogP contribution in [0.25, 0.3) is 0 Å². The molecule has 0 heterocycles. The Kier molecular flexibility index (Phi) is 3.98. The van der Waals surface area contributed by atoms with E-state index in [1.807, 2.05) is 0 Å². The standard InChI is InChI=1S/C20H34O6/c1-17(2)7-4-8-18(3)11-6-5-10-14(23)20(11,15(24)12(22)13(17)18)16(25)19(10,26)9-21/h10-16,21-26H,4-9H2,1-3H3/t10-,11-,12?,13+,14?,15?,16?,18+,19+,20+/m1/s1. The number of hydrogen-bond acceptors (Lipinski definition) is 6. The molecule has 6 heteroatoms. The lowest BCUT2D eigenvalue weighted by Gasteiger charge is -2.67. The van der Waals surface area contributed by atoms with Gasteiger partial charge in [-0.3, -0.25) is 0 Å². The number of hydrogen-bond donors (Lipinski definition) is 6. The van der Waals surface area contributed by atoms with Crippen molar-refractivity contribution in [3.8, 4) is 0 Å². The molecule has 6 nitrogen and oxygen atoms in total. The first-order chi connectivity index (χ1) is 12.0. The molecule has 0 amide bonds. The molecule has 4 rings (SSSR count). The SMILES string of the molecule is CC1(C)CCC[C@]2(C)[C@H]1C(O)C(O)[C@@]13C(O)[C@@H](CC[C@@H]12)[C@@](O)(CO)C3O. The lowest BCUT2D eigenvalue weighted by Crippen LogP contribution is -2.73. The highest BCUT2D eigenvalue weighted by molar-refractivity contribution is 5.28. The summed E-state index contributed by atoms with van der Waals surface area (Å²) >= 11 is 0. The van der Waals surface area contributed by atoms with Crippen molar-refractivity contribution in [2.24, 2.45) is 34.0 Å². The van der Waals surface area contributed by atoms with E-state index in [0.29, 0.717) is 12.8 Å². The number of aliphatic hydroxyl groups excluding tert-OH is 5. The van der Waals surface area contributed by atoms with Crippen LogP contribution in [0.2, 0.25) is 0 Å². The Morgan fingerprint density at radius 3 is 2.19 bits per heavy atom. The van der Waals surface area contributed by atoms with Crippen molar-refractivity contribution in [2.75, 3.05) is 6.61 Å². The van der Waals surface area contributed by atoms with Crippen LogP contribution >= 0.6 is 0 Å². The number of fused-ring (bicyclic) bond motifs is 3. The molecular formula is C20H34O6. The monoisotopic (exact) mass is 370 g/mol. The van der Waals surface area contributed by atoms with Gasteiger partial charge in [0.1, 0.15) is 5.60 Å². The Morgan fingerprint density at radius 2 is 1.58 bits per heavy atom. The third kappa shape index (κ3) is 1.84. The zero-order valence-corrected chi connectivity index (χ0v) is 16.0. The molecule has 0 radical (unpaired) electrons. The molecule has 4 fully saturated rings. The molecule has 4 unspecified atom stereocenters. The minimum absolute atomic E-state index is 0.145. The van der Waals surface area contributed by atoms with E-state index in [-0.39, 0.29) is 22.7 Å². The van der Waals surface area contributed by atoms with E-state index in [4.69, 9.17) is 0 Å². The van der Waals surface area contributed by atoms with Crippen LogP contribution in [0.5, 0.6) is 0 Å². The molecule has 1 spiro atoms.